The van der Waals surface area contributed by atoms with Crippen molar-refractivity contribution in [2.24, 2.45) is 0 Å². The maximum absolute atomic E-state index is 10.7. The zero-order valence-electron chi connectivity index (χ0n) is 8.71. The van der Waals surface area contributed by atoms with Gasteiger partial charge in [-0.05, 0) is 19.9 Å². The third-order valence-electron chi connectivity index (χ3n) is 1.81. The summed E-state index contributed by atoms with van der Waals surface area (Å²) in [5.41, 5.74) is 0.453. The van der Waals surface area contributed by atoms with E-state index in [2.05, 4.69) is 4.98 Å². The molecule has 1 unspecified atom stereocenters. The molecule has 0 saturated heterocycles. The maximum Gasteiger partial charge on any atom is 0.316 e. The number of pyridine rings is 1. The van der Waals surface area contributed by atoms with Crippen molar-refractivity contribution < 1.29 is 14.8 Å². The first kappa shape index (κ1) is 12.4. The summed E-state index contributed by atoms with van der Waals surface area (Å²) in [4.78, 5) is 24.7. The fourth-order valence-corrected chi connectivity index (χ4v) is 1.86. The Morgan fingerprint density at radius 1 is 1.62 bits per heavy atom. The lowest BCUT2D eigenvalue weighted by molar-refractivity contribution is -0.388. The number of thioether (sulfide) groups is 1. The lowest BCUT2D eigenvalue weighted by Crippen LogP contribution is -2.12. The average molecular weight is 242 g/mol. The van der Waals surface area contributed by atoms with Crippen LogP contribution in [0.2, 0.25) is 0 Å². The van der Waals surface area contributed by atoms with Gasteiger partial charge in [0.2, 0.25) is 0 Å². The molecule has 1 aromatic heterocycles. The summed E-state index contributed by atoms with van der Waals surface area (Å²) in [5.74, 6) is -1.03. The molecular formula is C9H10N2O4S. The quantitative estimate of drug-likeness (QED) is 0.492. The fourth-order valence-electron chi connectivity index (χ4n) is 0.969. The summed E-state index contributed by atoms with van der Waals surface area (Å²) in [6.45, 7) is 3.15. The molecule has 0 aliphatic heterocycles. The molecule has 0 aliphatic rings. The predicted octanol–water partition coefficient (Wildman–Crippen LogP) is 1.86. The molecule has 0 radical (unpaired) electrons. The minimum atomic E-state index is -1.03. The van der Waals surface area contributed by atoms with Gasteiger partial charge in [-0.3, -0.25) is 14.9 Å². The monoisotopic (exact) mass is 242 g/mol. The van der Waals surface area contributed by atoms with Crippen LogP contribution in [0.15, 0.2) is 17.2 Å². The Labute approximate surface area is 95.8 Å². The van der Waals surface area contributed by atoms with Crippen LogP contribution in [0.3, 0.4) is 0 Å². The highest BCUT2D eigenvalue weighted by atomic mass is 32.2. The molecule has 1 N–H and O–H groups in total. The molecule has 0 spiro atoms. The SMILES string of the molecule is Cc1ccc([N+](=O)[O-])c(SC(C)C(=O)O)n1. The van der Waals surface area contributed by atoms with Crippen molar-refractivity contribution in [1.82, 2.24) is 4.98 Å². The Morgan fingerprint density at radius 2 is 2.25 bits per heavy atom. The number of aliphatic carboxylic acids is 1. The number of hydrogen-bond acceptors (Lipinski definition) is 5. The standard InChI is InChI=1S/C9H10N2O4S/c1-5-3-4-7(11(14)15)8(10-5)16-6(2)9(12)13/h3-4,6H,1-2H3,(H,12,13). The van der Waals surface area contributed by atoms with E-state index in [1.165, 1.54) is 19.1 Å². The van der Waals surface area contributed by atoms with Gasteiger partial charge >= 0.3 is 11.7 Å². The van der Waals surface area contributed by atoms with Crippen molar-refractivity contribution in [2.45, 2.75) is 24.1 Å². The summed E-state index contributed by atoms with van der Waals surface area (Å²) in [6, 6.07) is 2.85. The van der Waals surface area contributed by atoms with Crippen LogP contribution in [-0.2, 0) is 4.79 Å². The van der Waals surface area contributed by atoms with Crippen molar-refractivity contribution >= 4 is 23.4 Å². The van der Waals surface area contributed by atoms with E-state index in [0.29, 0.717) is 5.69 Å². The first-order chi connectivity index (χ1) is 7.41. The Bertz CT molecular complexity index is 436. The zero-order chi connectivity index (χ0) is 12.3. The van der Waals surface area contributed by atoms with Gasteiger partial charge in [0, 0.05) is 11.8 Å². The van der Waals surface area contributed by atoms with Gasteiger partial charge < -0.3 is 5.11 Å². The molecule has 6 nitrogen and oxygen atoms in total. The fraction of sp³-hybridized carbons (Fsp3) is 0.333. The largest absolute Gasteiger partial charge is 0.480 e. The van der Waals surface area contributed by atoms with Crippen LogP contribution >= 0.6 is 11.8 Å². The molecule has 0 bridgehead atoms. The van der Waals surface area contributed by atoms with Gasteiger partial charge in [0.25, 0.3) is 0 Å². The highest BCUT2D eigenvalue weighted by molar-refractivity contribution is 8.00. The zero-order valence-corrected chi connectivity index (χ0v) is 9.52. The first-order valence-electron chi connectivity index (χ1n) is 4.43. The van der Waals surface area contributed by atoms with Crippen LogP contribution in [-0.4, -0.2) is 26.2 Å². The van der Waals surface area contributed by atoms with Gasteiger partial charge in [-0.25, -0.2) is 4.98 Å². The van der Waals surface area contributed by atoms with Gasteiger partial charge in [-0.2, -0.15) is 0 Å². The molecule has 0 amide bonds. The number of nitro groups is 1. The second-order valence-electron chi connectivity index (χ2n) is 3.13. The van der Waals surface area contributed by atoms with E-state index in [1.807, 2.05) is 0 Å². The number of carboxylic acids is 1. The summed E-state index contributed by atoms with van der Waals surface area (Å²) >= 11 is 0.868. The molecule has 1 rings (SSSR count). The van der Waals surface area contributed by atoms with Crippen LogP contribution in [0.4, 0.5) is 5.69 Å². The lowest BCUT2D eigenvalue weighted by atomic mass is 10.3. The molecule has 7 heteroatoms. The molecule has 1 aromatic rings. The van der Waals surface area contributed by atoms with Crippen LogP contribution in [0.5, 0.6) is 0 Å². The second-order valence-corrected chi connectivity index (χ2v) is 4.46. The summed E-state index contributed by atoms with van der Waals surface area (Å²) in [6.07, 6.45) is 0. The topological polar surface area (TPSA) is 93.3 Å². The molecule has 1 heterocycles. The number of carboxylic acid groups (broad SMARTS) is 1. The van der Waals surface area contributed by atoms with Gasteiger partial charge in [0.1, 0.15) is 5.25 Å². The molecular weight excluding hydrogens is 232 g/mol. The summed E-state index contributed by atoms with van der Waals surface area (Å²) < 4.78 is 0. The molecule has 0 aliphatic carbocycles. The molecule has 1 atom stereocenters. The predicted molar refractivity (Wildman–Crippen MR) is 58.6 cm³/mol. The number of nitrogens with zero attached hydrogens (tertiary/aromatic N) is 2. The van der Waals surface area contributed by atoms with Crippen LogP contribution < -0.4 is 0 Å². The number of aromatic nitrogens is 1. The smallest absolute Gasteiger partial charge is 0.316 e. The van der Waals surface area contributed by atoms with E-state index >= 15 is 0 Å². The number of aryl methyl sites for hydroxylation is 1. The van der Waals surface area contributed by atoms with Gasteiger partial charge in [-0.1, -0.05) is 11.8 Å². The van der Waals surface area contributed by atoms with Crippen molar-refractivity contribution in [3.63, 3.8) is 0 Å². The molecule has 86 valence electrons. The van der Waals surface area contributed by atoms with Crippen LogP contribution in [0.1, 0.15) is 12.6 Å². The normalized spacial score (nSPS) is 12.1. The van der Waals surface area contributed by atoms with Gasteiger partial charge in [-0.15, -0.1) is 0 Å². The van der Waals surface area contributed by atoms with Crippen LogP contribution in [0.25, 0.3) is 0 Å². The van der Waals surface area contributed by atoms with E-state index < -0.39 is 16.1 Å². The minimum absolute atomic E-state index is 0.139. The van der Waals surface area contributed by atoms with E-state index in [-0.39, 0.29) is 10.7 Å². The minimum Gasteiger partial charge on any atom is -0.480 e. The summed E-state index contributed by atoms with van der Waals surface area (Å²) in [5, 5.41) is 18.8. The molecule has 0 fully saturated rings. The van der Waals surface area contributed by atoms with E-state index in [1.54, 1.807) is 6.92 Å². The van der Waals surface area contributed by atoms with E-state index in [4.69, 9.17) is 5.11 Å². The van der Waals surface area contributed by atoms with Crippen molar-refractivity contribution in [1.29, 1.82) is 0 Å². The number of rotatable bonds is 4. The van der Waals surface area contributed by atoms with Crippen molar-refractivity contribution in [2.75, 3.05) is 0 Å². The Morgan fingerprint density at radius 3 is 2.75 bits per heavy atom. The Balaban J connectivity index is 3.05. The van der Waals surface area contributed by atoms with Crippen molar-refractivity contribution in [3.05, 3.63) is 27.9 Å². The van der Waals surface area contributed by atoms with E-state index in [0.717, 1.165) is 11.8 Å². The van der Waals surface area contributed by atoms with Gasteiger partial charge in [0.05, 0.1) is 4.92 Å². The summed E-state index contributed by atoms with van der Waals surface area (Å²) in [7, 11) is 0. The third kappa shape index (κ3) is 2.93. The highest BCUT2D eigenvalue weighted by Crippen LogP contribution is 2.30. The molecule has 0 saturated carbocycles. The first-order valence-corrected chi connectivity index (χ1v) is 5.31. The lowest BCUT2D eigenvalue weighted by Gasteiger charge is -2.06. The van der Waals surface area contributed by atoms with Gasteiger partial charge in [0.15, 0.2) is 5.03 Å². The number of hydrogen-bond donors (Lipinski definition) is 1. The Kier molecular flexibility index (Phi) is 3.83. The van der Waals surface area contributed by atoms with E-state index in [9.17, 15) is 14.9 Å². The third-order valence-corrected chi connectivity index (χ3v) is 2.89. The van der Waals surface area contributed by atoms with Crippen molar-refractivity contribution in [3.8, 4) is 0 Å². The molecule has 0 aromatic carbocycles. The second kappa shape index (κ2) is 4.93. The highest BCUT2D eigenvalue weighted by Gasteiger charge is 2.21. The average Bonchev–Trinajstić information content (AvgIpc) is 2.16. The van der Waals surface area contributed by atoms with Crippen LogP contribution in [0, 0.1) is 17.0 Å². The maximum atomic E-state index is 10.7. The Hall–Kier alpha value is -1.63. The number of carbonyl (C=O) groups is 1. The molecule has 16 heavy (non-hydrogen) atoms.